The predicted octanol–water partition coefficient (Wildman–Crippen LogP) is 3.72. The normalized spacial score (nSPS) is 10.7. The van der Waals surface area contributed by atoms with E-state index in [0.29, 0.717) is 22.1 Å². The molecule has 0 aliphatic rings. The summed E-state index contributed by atoms with van der Waals surface area (Å²) in [5.74, 6) is -0.535. The van der Waals surface area contributed by atoms with Crippen molar-refractivity contribution < 1.29 is 13.6 Å². The summed E-state index contributed by atoms with van der Waals surface area (Å²) < 4.78 is 26.5. The number of aromatic amines is 1. The Morgan fingerprint density at radius 3 is 2.57 bits per heavy atom. The van der Waals surface area contributed by atoms with Crippen molar-refractivity contribution in [1.82, 2.24) is 15.2 Å². The summed E-state index contributed by atoms with van der Waals surface area (Å²) in [5.41, 5.74) is 0.737. The number of H-pyrrole nitrogens is 1. The SMILES string of the molecule is O=C(CSc1n[nH]c(-c2ccccc2F)n1)c1ccc(F)cc1. The quantitative estimate of drug-likeness (QED) is 0.572. The minimum absolute atomic E-state index is 0.111. The molecule has 0 aliphatic heterocycles. The third-order valence-electron chi connectivity index (χ3n) is 3.09. The number of thioether (sulfide) groups is 1. The molecule has 23 heavy (non-hydrogen) atoms. The largest absolute Gasteiger partial charge is 0.293 e. The average Bonchev–Trinajstić information content (AvgIpc) is 3.02. The van der Waals surface area contributed by atoms with Crippen molar-refractivity contribution in [2.24, 2.45) is 0 Å². The van der Waals surface area contributed by atoms with Gasteiger partial charge in [-0.1, -0.05) is 23.9 Å². The van der Waals surface area contributed by atoms with Crippen LogP contribution in [0.3, 0.4) is 0 Å². The summed E-state index contributed by atoms with van der Waals surface area (Å²) >= 11 is 1.13. The molecule has 0 aliphatic carbocycles. The van der Waals surface area contributed by atoms with Crippen LogP contribution in [0.1, 0.15) is 10.4 Å². The molecule has 0 fully saturated rings. The fourth-order valence-corrected chi connectivity index (χ4v) is 2.63. The van der Waals surface area contributed by atoms with Crippen molar-refractivity contribution in [1.29, 1.82) is 0 Å². The van der Waals surface area contributed by atoms with Crippen molar-refractivity contribution in [3.05, 3.63) is 65.7 Å². The van der Waals surface area contributed by atoms with E-state index in [1.807, 2.05) is 0 Å². The molecule has 116 valence electrons. The van der Waals surface area contributed by atoms with E-state index >= 15 is 0 Å². The van der Waals surface area contributed by atoms with Gasteiger partial charge in [-0.05, 0) is 36.4 Å². The zero-order chi connectivity index (χ0) is 16.2. The van der Waals surface area contributed by atoms with Gasteiger partial charge in [-0.3, -0.25) is 9.89 Å². The summed E-state index contributed by atoms with van der Waals surface area (Å²) in [6, 6.07) is 11.6. The molecule has 0 amide bonds. The van der Waals surface area contributed by atoms with Crippen molar-refractivity contribution >= 4 is 17.5 Å². The molecular weight excluding hydrogens is 320 g/mol. The first-order chi connectivity index (χ1) is 11.1. The standard InChI is InChI=1S/C16H11F2N3OS/c17-11-7-5-10(6-8-11)14(22)9-23-16-19-15(20-21-16)12-3-1-2-4-13(12)18/h1-8H,9H2,(H,19,20,21). The Hall–Kier alpha value is -2.54. The maximum absolute atomic E-state index is 13.7. The molecule has 0 spiro atoms. The van der Waals surface area contributed by atoms with Gasteiger partial charge in [-0.2, -0.15) is 0 Å². The number of aromatic nitrogens is 3. The maximum atomic E-state index is 13.7. The molecule has 0 atom stereocenters. The smallest absolute Gasteiger partial charge is 0.209 e. The summed E-state index contributed by atoms with van der Waals surface area (Å²) in [6.45, 7) is 0. The second-order valence-corrected chi connectivity index (χ2v) is 5.61. The number of rotatable bonds is 5. The van der Waals surface area contributed by atoms with Crippen LogP contribution < -0.4 is 0 Å². The topological polar surface area (TPSA) is 58.6 Å². The van der Waals surface area contributed by atoms with Gasteiger partial charge in [-0.25, -0.2) is 13.8 Å². The van der Waals surface area contributed by atoms with Crippen LogP contribution in [0.2, 0.25) is 0 Å². The second-order valence-electron chi connectivity index (χ2n) is 4.67. The number of nitrogens with one attached hydrogen (secondary N) is 1. The van der Waals surface area contributed by atoms with Crippen LogP contribution in [0, 0.1) is 11.6 Å². The number of nitrogens with zero attached hydrogens (tertiary/aromatic N) is 2. The van der Waals surface area contributed by atoms with Crippen molar-refractivity contribution in [3.8, 4) is 11.4 Å². The Balaban J connectivity index is 1.67. The summed E-state index contributed by atoms with van der Waals surface area (Å²) in [7, 11) is 0. The van der Waals surface area contributed by atoms with Gasteiger partial charge in [0.05, 0.1) is 11.3 Å². The van der Waals surface area contributed by atoms with Crippen LogP contribution >= 0.6 is 11.8 Å². The molecule has 0 radical (unpaired) electrons. The Morgan fingerprint density at radius 1 is 1.09 bits per heavy atom. The number of benzene rings is 2. The minimum atomic E-state index is -0.400. The molecule has 7 heteroatoms. The Labute approximate surface area is 135 Å². The van der Waals surface area contributed by atoms with Crippen LogP contribution in [0.15, 0.2) is 53.7 Å². The van der Waals surface area contributed by atoms with E-state index in [-0.39, 0.29) is 11.5 Å². The molecule has 3 rings (SSSR count). The molecule has 0 bridgehead atoms. The van der Waals surface area contributed by atoms with Gasteiger partial charge in [0.25, 0.3) is 0 Å². The van der Waals surface area contributed by atoms with Crippen molar-refractivity contribution in [2.45, 2.75) is 5.16 Å². The highest BCUT2D eigenvalue weighted by Crippen LogP contribution is 2.22. The van der Waals surface area contributed by atoms with E-state index in [9.17, 15) is 13.6 Å². The van der Waals surface area contributed by atoms with Gasteiger partial charge in [0.2, 0.25) is 5.16 Å². The monoisotopic (exact) mass is 331 g/mol. The molecule has 1 heterocycles. The van der Waals surface area contributed by atoms with E-state index in [0.717, 1.165) is 11.8 Å². The average molecular weight is 331 g/mol. The van der Waals surface area contributed by atoms with Crippen molar-refractivity contribution in [3.63, 3.8) is 0 Å². The number of carbonyl (C=O) groups excluding carboxylic acids is 1. The molecule has 1 aromatic heterocycles. The van der Waals surface area contributed by atoms with Crippen LogP contribution in [0.25, 0.3) is 11.4 Å². The first kappa shape index (κ1) is 15.4. The van der Waals surface area contributed by atoms with Gasteiger partial charge in [0.1, 0.15) is 11.6 Å². The van der Waals surface area contributed by atoms with Crippen LogP contribution in [-0.2, 0) is 0 Å². The van der Waals surface area contributed by atoms with E-state index in [2.05, 4.69) is 15.2 Å². The van der Waals surface area contributed by atoms with E-state index in [4.69, 9.17) is 0 Å². The van der Waals surface area contributed by atoms with Crippen LogP contribution in [0.4, 0.5) is 8.78 Å². The zero-order valence-electron chi connectivity index (χ0n) is 11.8. The van der Waals surface area contributed by atoms with Gasteiger partial charge < -0.3 is 0 Å². The first-order valence-electron chi connectivity index (χ1n) is 6.72. The third-order valence-corrected chi connectivity index (χ3v) is 3.94. The summed E-state index contributed by atoms with van der Waals surface area (Å²) in [6.07, 6.45) is 0. The van der Waals surface area contributed by atoms with E-state index < -0.39 is 11.6 Å². The lowest BCUT2D eigenvalue weighted by Crippen LogP contribution is -2.02. The third kappa shape index (κ3) is 3.62. The molecular formula is C16H11F2N3OS. The lowest BCUT2D eigenvalue weighted by molar-refractivity contribution is 0.102. The Bertz CT molecular complexity index is 833. The highest BCUT2D eigenvalue weighted by atomic mass is 32.2. The Morgan fingerprint density at radius 2 is 1.83 bits per heavy atom. The molecule has 0 saturated carbocycles. The van der Waals surface area contributed by atoms with Crippen LogP contribution in [0.5, 0.6) is 0 Å². The number of halogens is 2. The number of carbonyl (C=O) groups is 1. The fraction of sp³-hybridized carbons (Fsp3) is 0.0625. The van der Waals surface area contributed by atoms with Crippen LogP contribution in [-0.4, -0.2) is 26.7 Å². The molecule has 4 nitrogen and oxygen atoms in total. The molecule has 0 saturated heterocycles. The molecule has 3 aromatic rings. The lowest BCUT2D eigenvalue weighted by atomic mass is 10.1. The number of Topliss-reactive ketones (excluding diaryl/α,β-unsaturated/α-hetero) is 1. The summed E-state index contributed by atoms with van der Waals surface area (Å²) in [5, 5.41) is 6.96. The van der Waals surface area contributed by atoms with Gasteiger partial charge >= 0.3 is 0 Å². The highest BCUT2D eigenvalue weighted by Gasteiger charge is 2.12. The van der Waals surface area contributed by atoms with Gasteiger partial charge in [0.15, 0.2) is 11.6 Å². The lowest BCUT2D eigenvalue weighted by Gasteiger charge is -1.99. The number of hydrogen-bond acceptors (Lipinski definition) is 4. The maximum Gasteiger partial charge on any atom is 0.209 e. The van der Waals surface area contributed by atoms with Gasteiger partial charge in [-0.15, -0.1) is 5.10 Å². The summed E-state index contributed by atoms with van der Waals surface area (Å²) in [4.78, 5) is 16.2. The second kappa shape index (κ2) is 6.70. The van der Waals surface area contributed by atoms with E-state index in [1.165, 1.54) is 30.3 Å². The fourth-order valence-electron chi connectivity index (χ4n) is 1.93. The Kier molecular flexibility index (Phi) is 4.47. The van der Waals surface area contributed by atoms with Gasteiger partial charge in [0, 0.05) is 5.56 Å². The minimum Gasteiger partial charge on any atom is -0.293 e. The predicted molar refractivity (Wildman–Crippen MR) is 83.2 cm³/mol. The zero-order valence-corrected chi connectivity index (χ0v) is 12.6. The first-order valence-corrected chi connectivity index (χ1v) is 7.71. The highest BCUT2D eigenvalue weighted by molar-refractivity contribution is 7.99. The number of ketones is 1. The molecule has 2 aromatic carbocycles. The molecule has 0 unspecified atom stereocenters. The van der Waals surface area contributed by atoms with Crippen molar-refractivity contribution in [2.75, 3.05) is 5.75 Å². The van der Waals surface area contributed by atoms with E-state index in [1.54, 1.807) is 18.2 Å². The number of hydrogen-bond donors (Lipinski definition) is 1. The molecule has 1 N–H and O–H groups in total.